The van der Waals surface area contributed by atoms with Crippen molar-refractivity contribution >= 4 is 29.0 Å². The average Bonchev–Trinajstić information content (AvgIpc) is 3.26. The fraction of sp³-hybridized carbons (Fsp3) is 0.733. The van der Waals surface area contributed by atoms with Gasteiger partial charge < -0.3 is 19.5 Å². The summed E-state index contributed by atoms with van der Waals surface area (Å²) in [7, 11) is -4.26. The van der Waals surface area contributed by atoms with E-state index in [1.807, 2.05) is 51.1 Å². The molecule has 5 aliphatic rings. The van der Waals surface area contributed by atoms with Crippen LogP contribution in [0.4, 0.5) is 0 Å². The maximum atomic E-state index is 14.2. The van der Waals surface area contributed by atoms with Crippen LogP contribution in [0.15, 0.2) is 30.3 Å². The van der Waals surface area contributed by atoms with Crippen LogP contribution >= 0.6 is 0 Å². The highest BCUT2D eigenvalue weighted by Gasteiger charge is 2.68. The van der Waals surface area contributed by atoms with Crippen molar-refractivity contribution in [2.75, 3.05) is 12.8 Å². The van der Waals surface area contributed by atoms with Gasteiger partial charge in [0.15, 0.2) is 0 Å². The van der Waals surface area contributed by atoms with Gasteiger partial charge >= 0.3 is 7.12 Å². The van der Waals surface area contributed by atoms with Crippen molar-refractivity contribution in [2.45, 2.75) is 103 Å². The third kappa shape index (κ3) is 5.15. The largest absolute Gasteiger partial charge is 0.481 e. The molecule has 7 atom stereocenters. The highest BCUT2D eigenvalue weighted by molar-refractivity contribution is 7.88. The van der Waals surface area contributed by atoms with Gasteiger partial charge in [0.2, 0.25) is 21.8 Å². The Morgan fingerprint density at radius 2 is 1.85 bits per heavy atom. The summed E-state index contributed by atoms with van der Waals surface area (Å²) < 4.78 is 40.6. The molecule has 2 saturated heterocycles. The van der Waals surface area contributed by atoms with Gasteiger partial charge in [0.05, 0.1) is 23.9 Å². The summed E-state index contributed by atoms with van der Waals surface area (Å²) in [4.78, 5) is 29.9. The number of nitrogens with one attached hydrogen (secondary N) is 2. The van der Waals surface area contributed by atoms with Gasteiger partial charge in [0.25, 0.3) is 0 Å². The van der Waals surface area contributed by atoms with Crippen molar-refractivity contribution in [3.8, 4) is 0 Å². The molecule has 2 unspecified atom stereocenters. The molecular weight excluding hydrogens is 541 g/mol. The topological polar surface area (TPSA) is 114 Å². The van der Waals surface area contributed by atoms with Gasteiger partial charge in [0, 0.05) is 6.54 Å². The highest BCUT2D eigenvalue weighted by Crippen LogP contribution is 2.65. The number of carbonyl (C=O) groups is 2. The van der Waals surface area contributed by atoms with Crippen LogP contribution in [0.3, 0.4) is 0 Å². The molecule has 226 valence electrons. The molecule has 3 saturated carbocycles. The molecule has 6 rings (SSSR count). The highest BCUT2D eigenvalue weighted by atomic mass is 32.2. The van der Waals surface area contributed by atoms with Crippen LogP contribution in [-0.2, 0) is 28.9 Å². The first-order chi connectivity index (χ1) is 19.1. The Labute approximate surface area is 245 Å². The number of likely N-dealkylation sites (tertiary alicyclic amines) is 1. The van der Waals surface area contributed by atoms with Crippen molar-refractivity contribution in [2.24, 2.45) is 23.2 Å². The van der Waals surface area contributed by atoms with E-state index in [1.54, 1.807) is 4.90 Å². The number of benzene rings is 1. The van der Waals surface area contributed by atoms with Gasteiger partial charge in [0.1, 0.15) is 11.6 Å². The van der Waals surface area contributed by atoms with Gasteiger partial charge in [-0.3, -0.25) is 9.59 Å². The van der Waals surface area contributed by atoms with Gasteiger partial charge in [-0.05, 0) is 67.8 Å². The van der Waals surface area contributed by atoms with E-state index in [1.165, 1.54) is 0 Å². The van der Waals surface area contributed by atoms with Crippen molar-refractivity contribution in [3.05, 3.63) is 35.9 Å². The quantitative estimate of drug-likeness (QED) is 0.428. The molecule has 0 radical (unpaired) electrons. The predicted molar refractivity (Wildman–Crippen MR) is 158 cm³/mol. The number of piperidine rings is 1. The summed E-state index contributed by atoms with van der Waals surface area (Å²) in [6.45, 7) is 12.8. The fourth-order valence-electron chi connectivity index (χ4n) is 8.12. The zero-order valence-corrected chi connectivity index (χ0v) is 26.3. The first kappa shape index (κ1) is 30.5. The van der Waals surface area contributed by atoms with Crippen LogP contribution in [0.5, 0.6) is 0 Å². The predicted octanol–water partition coefficient (Wildman–Crippen LogP) is 3.46. The molecule has 9 nitrogen and oxygen atoms in total. The smallest absolute Gasteiger partial charge is 0.404 e. The van der Waals surface area contributed by atoms with Crippen molar-refractivity contribution in [3.63, 3.8) is 0 Å². The van der Waals surface area contributed by atoms with Gasteiger partial charge in [-0.2, -0.15) is 4.72 Å². The van der Waals surface area contributed by atoms with E-state index >= 15 is 0 Å². The Balaban J connectivity index is 1.41. The van der Waals surface area contributed by atoms with E-state index in [2.05, 4.69) is 30.8 Å². The normalized spacial score (nSPS) is 34.1. The van der Waals surface area contributed by atoms with E-state index in [0.717, 1.165) is 19.1 Å². The Hall–Kier alpha value is -1.95. The summed E-state index contributed by atoms with van der Waals surface area (Å²) in [6, 6.07) is 8.29. The lowest BCUT2D eigenvalue weighted by Crippen LogP contribution is -2.66. The maximum Gasteiger partial charge on any atom is 0.481 e. The Morgan fingerprint density at radius 3 is 2.44 bits per heavy atom. The van der Waals surface area contributed by atoms with Gasteiger partial charge in [-0.1, -0.05) is 65.0 Å². The number of amides is 2. The van der Waals surface area contributed by atoms with Crippen LogP contribution in [-0.4, -0.2) is 68.2 Å². The Bertz CT molecular complexity index is 1280. The van der Waals surface area contributed by atoms with E-state index < -0.39 is 40.3 Å². The molecule has 41 heavy (non-hydrogen) atoms. The first-order valence-corrected chi connectivity index (χ1v) is 17.0. The zero-order chi connectivity index (χ0) is 30.0. The summed E-state index contributed by atoms with van der Waals surface area (Å²) in [5.41, 5.74) is -0.830. The molecule has 0 spiro atoms. The van der Waals surface area contributed by atoms with Crippen LogP contribution in [0.25, 0.3) is 0 Å². The summed E-state index contributed by atoms with van der Waals surface area (Å²) in [6.07, 6.45) is 4.70. The molecular formula is C30H46BN3O6S. The van der Waals surface area contributed by atoms with E-state index in [4.69, 9.17) is 9.31 Å². The molecule has 1 aromatic carbocycles. The summed E-state index contributed by atoms with van der Waals surface area (Å²) >= 11 is 0. The van der Waals surface area contributed by atoms with Crippen LogP contribution in [0.2, 0.25) is 0 Å². The van der Waals surface area contributed by atoms with E-state index in [0.29, 0.717) is 43.2 Å². The standard InChI is InChI=1S/C30H46BN3O6S/c1-8-24(31-39-23-18-21-17-22(28(21,4)5)29(23,6)40-31)32-26(35)25(20-13-10-9-11-14-20)34-16-12-15-30(19(2)3,27(34)36)33-41(7,37)38/h9-11,13-14,19,21-25,33H,8,12,15-18H2,1-7H3,(H,32,35)/t21-,22-,23?,24+,25+,29+,30?/m1/s1. The Morgan fingerprint density at radius 1 is 1.17 bits per heavy atom. The monoisotopic (exact) mass is 587 g/mol. The van der Waals surface area contributed by atoms with Crippen LogP contribution < -0.4 is 10.0 Å². The van der Waals surface area contributed by atoms with Gasteiger partial charge in [-0.15, -0.1) is 0 Å². The second-order valence-corrected chi connectivity index (χ2v) is 15.5. The molecule has 2 bridgehead atoms. The molecule has 3 aliphatic carbocycles. The molecule has 2 amide bonds. The summed E-state index contributed by atoms with van der Waals surface area (Å²) in [5, 5.41) is 3.18. The molecule has 5 fully saturated rings. The molecule has 1 aromatic rings. The molecule has 2 N–H and O–H groups in total. The minimum absolute atomic E-state index is 0.00227. The van der Waals surface area contributed by atoms with Crippen LogP contribution in [0.1, 0.15) is 85.3 Å². The minimum atomic E-state index is -3.69. The van der Waals surface area contributed by atoms with Crippen molar-refractivity contribution in [1.29, 1.82) is 0 Å². The third-order valence-corrected chi connectivity index (χ3v) is 11.4. The molecule has 0 aromatic heterocycles. The average molecular weight is 588 g/mol. The van der Waals surface area contributed by atoms with Crippen LogP contribution in [0, 0.1) is 23.2 Å². The fourth-order valence-corrected chi connectivity index (χ4v) is 9.21. The lowest BCUT2D eigenvalue weighted by molar-refractivity contribution is -0.199. The number of nitrogens with zero attached hydrogens (tertiary/aromatic N) is 1. The van der Waals surface area contributed by atoms with Crippen molar-refractivity contribution < 1.29 is 27.3 Å². The second-order valence-electron chi connectivity index (χ2n) is 13.8. The lowest BCUT2D eigenvalue weighted by Gasteiger charge is -2.64. The maximum absolute atomic E-state index is 14.2. The minimum Gasteiger partial charge on any atom is -0.404 e. The second kappa shape index (κ2) is 10.6. The van der Waals surface area contributed by atoms with E-state index in [-0.39, 0.29) is 29.3 Å². The summed E-state index contributed by atoms with van der Waals surface area (Å²) in [5.74, 6) is -0.388. The molecule has 11 heteroatoms. The number of rotatable bonds is 9. The molecule has 2 aliphatic heterocycles. The molecule has 2 heterocycles. The zero-order valence-electron chi connectivity index (χ0n) is 25.5. The number of carbonyl (C=O) groups excluding carboxylic acids is 2. The SMILES string of the molecule is CC[C@H](NC(=O)[C@H](c1ccccc1)N1CCCC(NS(C)(=O)=O)(C(C)C)C1=O)B1OC2C[C@H]3C[C@H](C3(C)C)[C@]2(C)O1. The van der Waals surface area contributed by atoms with Gasteiger partial charge in [-0.25, -0.2) is 8.42 Å². The number of hydrogen-bond donors (Lipinski definition) is 2. The van der Waals surface area contributed by atoms with Crippen molar-refractivity contribution in [1.82, 2.24) is 14.9 Å². The van der Waals surface area contributed by atoms with E-state index in [9.17, 15) is 18.0 Å². The third-order valence-electron chi connectivity index (χ3n) is 10.7. The number of hydrogen-bond acceptors (Lipinski definition) is 6. The lowest BCUT2D eigenvalue weighted by atomic mass is 9.43. The first-order valence-electron chi connectivity index (χ1n) is 15.1. The Kier molecular flexibility index (Phi) is 7.92. The number of sulfonamides is 1.